The molecule has 5 nitrogen and oxygen atoms in total. The molecule has 1 aromatic heterocycles. The minimum absolute atomic E-state index is 0.272. The number of piperidine rings is 3. The molecule has 3 fully saturated rings. The maximum atomic E-state index is 13.9. The van der Waals surface area contributed by atoms with Crippen LogP contribution in [0.4, 0.5) is 4.39 Å². The average Bonchev–Trinajstić information content (AvgIpc) is 3.13. The van der Waals surface area contributed by atoms with E-state index in [4.69, 9.17) is 9.25 Å². The lowest BCUT2D eigenvalue weighted by molar-refractivity contribution is -0.190. The summed E-state index contributed by atoms with van der Waals surface area (Å²) in [6.07, 6.45) is 2.25. The van der Waals surface area contributed by atoms with Gasteiger partial charge in [-0.3, -0.25) is 4.90 Å². The molecule has 120 valence electrons. The van der Waals surface area contributed by atoms with Gasteiger partial charge >= 0.3 is 0 Å². The molecule has 0 aliphatic carbocycles. The Labute approximate surface area is 133 Å². The van der Waals surface area contributed by atoms with Crippen LogP contribution in [0.2, 0.25) is 0 Å². The van der Waals surface area contributed by atoms with Gasteiger partial charge in [0.05, 0.1) is 6.54 Å². The molecule has 2 bridgehead atoms. The first-order chi connectivity index (χ1) is 11.2. The summed E-state index contributed by atoms with van der Waals surface area (Å²) in [5.41, 5.74) is -0.128. The summed E-state index contributed by atoms with van der Waals surface area (Å²) >= 11 is 0. The topological polar surface area (TPSA) is 41.2 Å². The monoisotopic (exact) mass is 315 g/mol. The zero-order valence-corrected chi connectivity index (χ0v) is 13.0. The van der Waals surface area contributed by atoms with Crippen LogP contribution in [0.1, 0.15) is 18.6 Å². The maximum Gasteiger partial charge on any atom is 0.226 e. The third kappa shape index (κ3) is 1.72. The van der Waals surface area contributed by atoms with Crippen molar-refractivity contribution in [1.29, 1.82) is 0 Å². The van der Waals surface area contributed by atoms with Crippen molar-refractivity contribution in [2.24, 2.45) is 11.1 Å². The summed E-state index contributed by atoms with van der Waals surface area (Å²) in [5, 5.41) is 5.05. The van der Waals surface area contributed by atoms with Crippen molar-refractivity contribution in [2.45, 2.75) is 18.6 Å². The Morgan fingerprint density at radius 1 is 1.30 bits per heavy atom. The van der Waals surface area contributed by atoms with Crippen LogP contribution in [0.15, 0.2) is 33.8 Å². The van der Waals surface area contributed by atoms with Gasteiger partial charge in [-0.1, -0.05) is 17.3 Å². The number of hydrogen-bond donors (Lipinski definition) is 0. The second kappa shape index (κ2) is 4.47. The molecule has 6 rings (SSSR count). The van der Waals surface area contributed by atoms with E-state index >= 15 is 0 Å². The van der Waals surface area contributed by atoms with Crippen molar-refractivity contribution in [3.05, 3.63) is 35.8 Å². The Morgan fingerprint density at radius 2 is 2.13 bits per heavy atom. The Hall–Kier alpha value is -2.08. The average molecular weight is 315 g/mol. The van der Waals surface area contributed by atoms with Crippen molar-refractivity contribution < 1.29 is 13.6 Å². The molecule has 1 aromatic carbocycles. The van der Waals surface area contributed by atoms with E-state index in [1.165, 1.54) is 6.07 Å². The lowest BCUT2D eigenvalue weighted by Gasteiger charge is -2.52. The summed E-state index contributed by atoms with van der Waals surface area (Å²) in [7, 11) is 2.00. The van der Waals surface area contributed by atoms with Crippen LogP contribution in [0.5, 0.6) is 0 Å². The third-order valence-corrected chi connectivity index (χ3v) is 5.57. The highest BCUT2D eigenvalue weighted by atomic mass is 19.1. The van der Waals surface area contributed by atoms with Gasteiger partial charge in [0, 0.05) is 18.4 Å². The van der Waals surface area contributed by atoms with Gasteiger partial charge in [-0.2, -0.15) is 0 Å². The molecule has 5 heterocycles. The molecule has 0 unspecified atom stereocenters. The second-order valence-corrected chi connectivity index (χ2v) is 6.73. The molecular formula is C17H18FN3O2. The fraction of sp³-hybridized carbons (Fsp3) is 0.471. The fourth-order valence-corrected chi connectivity index (χ4v) is 4.25. The second-order valence-electron chi connectivity index (χ2n) is 6.73. The van der Waals surface area contributed by atoms with Gasteiger partial charge < -0.3 is 14.2 Å². The fourth-order valence-electron chi connectivity index (χ4n) is 4.25. The van der Waals surface area contributed by atoms with Crippen LogP contribution in [0.3, 0.4) is 0 Å². The SMILES string of the molecule is CN1C(c2cc3cccc(F)c3o2)=NO[C@@]12CN1CCC2CC1. The van der Waals surface area contributed by atoms with E-state index in [2.05, 4.69) is 15.0 Å². The number of amidine groups is 1. The van der Waals surface area contributed by atoms with Crippen LogP contribution in [-0.2, 0) is 4.84 Å². The zero-order chi connectivity index (χ0) is 15.6. The van der Waals surface area contributed by atoms with Gasteiger partial charge in [0.1, 0.15) is 0 Å². The number of furan rings is 1. The molecule has 1 atom stereocenters. The van der Waals surface area contributed by atoms with Gasteiger partial charge in [-0.05, 0) is 38.1 Å². The molecule has 4 aliphatic heterocycles. The van der Waals surface area contributed by atoms with Crippen molar-refractivity contribution in [2.75, 3.05) is 26.7 Å². The normalized spacial score (nSPS) is 32.6. The highest BCUT2D eigenvalue weighted by molar-refractivity contribution is 6.00. The summed E-state index contributed by atoms with van der Waals surface area (Å²) in [4.78, 5) is 10.4. The maximum absolute atomic E-state index is 13.9. The van der Waals surface area contributed by atoms with E-state index in [1.807, 2.05) is 19.2 Å². The molecule has 23 heavy (non-hydrogen) atoms. The van der Waals surface area contributed by atoms with Gasteiger partial charge in [-0.15, -0.1) is 0 Å². The van der Waals surface area contributed by atoms with Crippen LogP contribution < -0.4 is 0 Å². The number of benzene rings is 1. The number of likely N-dealkylation sites (N-methyl/N-ethyl adjacent to an activating group) is 1. The highest BCUT2D eigenvalue weighted by Gasteiger charge is 2.56. The Morgan fingerprint density at radius 3 is 2.83 bits per heavy atom. The lowest BCUT2D eigenvalue weighted by Crippen LogP contribution is -2.65. The zero-order valence-electron chi connectivity index (χ0n) is 13.0. The van der Waals surface area contributed by atoms with Crippen LogP contribution in [-0.4, -0.2) is 48.0 Å². The van der Waals surface area contributed by atoms with E-state index < -0.39 is 5.72 Å². The van der Waals surface area contributed by atoms with E-state index in [-0.39, 0.29) is 11.4 Å². The first-order valence-corrected chi connectivity index (χ1v) is 8.08. The van der Waals surface area contributed by atoms with E-state index in [1.54, 1.807) is 6.07 Å². The van der Waals surface area contributed by atoms with Gasteiger partial charge in [0.25, 0.3) is 0 Å². The number of nitrogens with zero attached hydrogens (tertiary/aromatic N) is 3. The smallest absolute Gasteiger partial charge is 0.226 e. The van der Waals surface area contributed by atoms with Crippen molar-refractivity contribution in [1.82, 2.24) is 9.80 Å². The minimum atomic E-state index is -0.399. The third-order valence-electron chi connectivity index (χ3n) is 5.57. The van der Waals surface area contributed by atoms with E-state index in [0.29, 0.717) is 17.5 Å². The van der Waals surface area contributed by atoms with Gasteiger partial charge in [-0.25, -0.2) is 4.39 Å². The number of para-hydroxylation sites is 1. The number of fused-ring (bicyclic) bond motifs is 3. The van der Waals surface area contributed by atoms with E-state index in [9.17, 15) is 4.39 Å². The summed E-state index contributed by atoms with van der Waals surface area (Å²) < 4.78 is 19.6. The van der Waals surface area contributed by atoms with Crippen molar-refractivity contribution >= 4 is 16.8 Å². The summed E-state index contributed by atoms with van der Waals surface area (Å²) in [6, 6.07) is 6.76. The first-order valence-electron chi connectivity index (χ1n) is 8.08. The predicted molar refractivity (Wildman–Crippen MR) is 83.5 cm³/mol. The quantitative estimate of drug-likeness (QED) is 0.811. The molecule has 2 aromatic rings. The molecule has 3 saturated heterocycles. The highest BCUT2D eigenvalue weighted by Crippen LogP contribution is 2.43. The van der Waals surface area contributed by atoms with Crippen LogP contribution in [0.25, 0.3) is 11.0 Å². The molecular weight excluding hydrogens is 297 g/mol. The number of halogens is 1. The molecule has 0 N–H and O–H groups in total. The van der Waals surface area contributed by atoms with Crippen molar-refractivity contribution in [3.8, 4) is 0 Å². The Bertz CT molecular complexity index is 809. The van der Waals surface area contributed by atoms with Crippen LogP contribution >= 0.6 is 0 Å². The molecule has 0 saturated carbocycles. The summed E-state index contributed by atoms with van der Waals surface area (Å²) in [5.74, 6) is 1.32. The first kappa shape index (κ1) is 13.4. The molecule has 1 spiro atoms. The van der Waals surface area contributed by atoms with Crippen molar-refractivity contribution in [3.63, 3.8) is 0 Å². The Balaban J connectivity index is 1.53. The Kier molecular flexibility index (Phi) is 2.60. The van der Waals surface area contributed by atoms with Crippen LogP contribution in [0, 0.1) is 11.7 Å². The molecule has 0 amide bonds. The number of hydrogen-bond acceptors (Lipinski definition) is 5. The standard InChI is InChI=1S/C17H18FN3O2/c1-20-16(14-9-11-3-2-4-13(18)15(11)22-14)19-23-17(20)10-21-7-5-12(17)6-8-21/h2-4,9,12H,5-8,10H2,1H3/t17-/m1/s1. The lowest BCUT2D eigenvalue weighted by atomic mass is 9.80. The molecule has 6 heteroatoms. The number of rotatable bonds is 1. The van der Waals surface area contributed by atoms with Gasteiger partial charge in [0.2, 0.25) is 11.6 Å². The van der Waals surface area contributed by atoms with Gasteiger partial charge in [0.15, 0.2) is 17.2 Å². The molecule has 0 radical (unpaired) electrons. The largest absolute Gasteiger partial charge is 0.450 e. The molecule has 4 aliphatic rings. The van der Waals surface area contributed by atoms with E-state index in [0.717, 1.165) is 37.9 Å². The number of oxime groups is 1. The minimum Gasteiger partial charge on any atom is -0.450 e. The summed E-state index contributed by atoms with van der Waals surface area (Å²) in [6.45, 7) is 3.12. The predicted octanol–water partition coefficient (Wildman–Crippen LogP) is 2.62.